The summed E-state index contributed by atoms with van der Waals surface area (Å²) in [6.45, 7) is 15.3. The van der Waals surface area contributed by atoms with Crippen molar-refractivity contribution in [2.75, 3.05) is 12.3 Å². The first-order chi connectivity index (χ1) is 8.40. The number of nitrogens with zero attached hydrogens (tertiary/aromatic N) is 2. The van der Waals surface area contributed by atoms with Gasteiger partial charge >= 0.3 is 0 Å². The average molecular weight is 265 g/mol. The predicted octanol–water partition coefficient (Wildman–Crippen LogP) is 3.05. The number of rotatable bonds is 6. The Morgan fingerprint density at radius 1 is 1.22 bits per heavy atom. The van der Waals surface area contributed by atoms with Gasteiger partial charge in [-0.3, -0.25) is 0 Å². The Morgan fingerprint density at radius 2 is 1.78 bits per heavy atom. The molecule has 0 fully saturated rings. The second kappa shape index (κ2) is 6.90. The van der Waals surface area contributed by atoms with Gasteiger partial charge in [-0.15, -0.1) is 0 Å². The number of nitrogens with one attached hydrogen (secondary N) is 1. The van der Waals surface area contributed by atoms with E-state index in [0.717, 1.165) is 28.8 Å². The highest BCUT2D eigenvalue weighted by atomic mass is 32.2. The molecule has 1 aromatic heterocycles. The molecular weight excluding hydrogens is 242 g/mol. The molecule has 0 atom stereocenters. The fourth-order valence-electron chi connectivity index (χ4n) is 1.37. The molecule has 0 aliphatic rings. The third-order valence-corrected chi connectivity index (χ3v) is 3.77. The molecule has 0 saturated heterocycles. The minimum atomic E-state index is 0.492. The van der Waals surface area contributed by atoms with Crippen molar-refractivity contribution >= 4 is 11.8 Å². The molecule has 1 N–H and O–H groups in total. The van der Waals surface area contributed by atoms with E-state index >= 15 is 0 Å². The van der Waals surface area contributed by atoms with E-state index < -0.39 is 0 Å². The molecule has 0 bridgehead atoms. The van der Waals surface area contributed by atoms with Crippen LogP contribution in [0.25, 0.3) is 0 Å². The topological polar surface area (TPSA) is 37.8 Å². The van der Waals surface area contributed by atoms with Crippen LogP contribution in [0.3, 0.4) is 0 Å². The quantitative estimate of drug-likeness (QED) is 0.487. The van der Waals surface area contributed by atoms with Crippen LogP contribution in [0.15, 0.2) is 17.3 Å². The lowest BCUT2D eigenvalue weighted by atomic mass is 10.2. The maximum atomic E-state index is 4.49. The molecule has 0 spiro atoms. The molecule has 0 aliphatic heterocycles. The summed E-state index contributed by atoms with van der Waals surface area (Å²) in [4.78, 5) is 8.98. The first kappa shape index (κ1) is 15.2. The van der Waals surface area contributed by atoms with Crippen molar-refractivity contribution in [1.82, 2.24) is 15.3 Å². The molecule has 18 heavy (non-hydrogen) atoms. The third-order valence-electron chi connectivity index (χ3n) is 2.78. The molecule has 0 unspecified atom stereocenters. The molecule has 1 aromatic rings. The van der Waals surface area contributed by atoms with Crippen molar-refractivity contribution in [1.29, 1.82) is 0 Å². The van der Waals surface area contributed by atoms with Crippen molar-refractivity contribution in [3.8, 4) is 0 Å². The summed E-state index contributed by atoms with van der Waals surface area (Å²) in [6, 6.07) is 0.492. The van der Waals surface area contributed by atoms with Crippen molar-refractivity contribution in [2.24, 2.45) is 0 Å². The first-order valence-electron chi connectivity index (χ1n) is 6.24. The zero-order valence-corrected chi connectivity index (χ0v) is 12.8. The number of aromatic nitrogens is 2. The summed E-state index contributed by atoms with van der Waals surface area (Å²) >= 11 is 1.66. The summed E-state index contributed by atoms with van der Waals surface area (Å²) in [5, 5.41) is 4.21. The van der Waals surface area contributed by atoms with Crippen LogP contribution in [0.2, 0.25) is 0 Å². The SMILES string of the molecule is C=C(CNC(C)C)CSc1nc(C)c(C)c(C)n1. The van der Waals surface area contributed by atoms with Crippen LogP contribution in [0.5, 0.6) is 0 Å². The van der Waals surface area contributed by atoms with E-state index in [0.29, 0.717) is 6.04 Å². The summed E-state index contributed by atoms with van der Waals surface area (Å²) < 4.78 is 0. The largest absolute Gasteiger partial charge is 0.311 e. The number of hydrogen-bond acceptors (Lipinski definition) is 4. The van der Waals surface area contributed by atoms with Gasteiger partial charge in [0.25, 0.3) is 0 Å². The normalized spacial score (nSPS) is 11.0. The summed E-state index contributed by atoms with van der Waals surface area (Å²) in [6.07, 6.45) is 0. The minimum Gasteiger partial charge on any atom is -0.311 e. The van der Waals surface area contributed by atoms with E-state index in [2.05, 4.69) is 42.6 Å². The van der Waals surface area contributed by atoms with E-state index in [4.69, 9.17) is 0 Å². The van der Waals surface area contributed by atoms with Crippen molar-refractivity contribution in [3.05, 3.63) is 29.1 Å². The molecule has 0 aromatic carbocycles. The van der Waals surface area contributed by atoms with E-state index in [9.17, 15) is 0 Å². The Labute approximate surface area is 115 Å². The van der Waals surface area contributed by atoms with Crippen LogP contribution < -0.4 is 5.32 Å². The smallest absolute Gasteiger partial charge is 0.188 e. The van der Waals surface area contributed by atoms with Gasteiger partial charge in [0.1, 0.15) is 0 Å². The molecule has 100 valence electrons. The van der Waals surface area contributed by atoms with Crippen molar-refractivity contribution in [2.45, 2.75) is 45.8 Å². The van der Waals surface area contributed by atoms with Gasteiger partial charge in [0.15, 0.2) is 5.16 Å². The zero-order chi connectivity index (χ0) is 13.7. The predicted molar refractivity (Wildman–Crippen MR) is 79.2 cm³/mol. The Bertz CT molecular complexity index is 404. The second-order valence-corrected chi connectivity index (χ2v) is 5.82. The van der Waals surface area contributed by atoms with Gasteiger partial charge in [-0.05, 0) is 26.3 Å². The van der Waals surface area contributed by atoms with E-state index in [1.54, 1.807) is 11.8 Å². The number of hydrogen-bond donors (Lipinski definition) is 1. The Hall–Kier alpha value is -0.870. The van der Waals surface area contributed by atoms with Crippen LogP contribution in [0.1, 0.15) is 30.8 Å². The monoisotopic (exact) mass is 265 g/mol. The fraction of sp³-hybridized carbons (Fsp3) is 0.571. The molecule has 1 rings (SSSR count). The average Bonchev–Trinajstić information content (AvgIpc) is 2.30. The molecule has 3 nitrogen and oxygen atoms in total. The van der Waals surface area contributed by atoms with E-state index in [-0.39, 0.29) is 0 Å². The van der Waals surface area contributed by atoms with Gasteiger partial charge in [-0.25, -0.2) is 9.97 Å². The van der Waals surface area contributed by atoms with Gasteiger partial charge in [-0.1, -0.05) is 37.8 Å². The highest BCUT2D eigenvalue weighted by Crippen LogP contribution is 2.18. The zero-order valence-electron chi connectivity index (χ0n) is 12.0. The third kappa shape index (κ3) is 4.78. The van der Waals surface area contributed by atoms with Crippen LogP contribution in [0, 0.1) is 20.8 Å². The van der Waals surface area contributed by atoms with E-state index in [1.807, 2.05) is 13.8 Å². The number of thioether (sulfide) groups is 1. The van der Waals surface area contributed by atoms with Gasteiger partial charge in [-0.2, -0.15) is 0 Å². The maximum Gasteiger partial charge on any atom is 0.188 e. The van der Waals surface area contributed by atoms with Gasteiger partial charge < -0.3 is 5.32 Å². The summed E-state index contributed by atoms with van der Waals surface area (Å²) in [5.74, 6) is 0.863. The first-order valence-corrected chi connectivity index (χ1v) is 7.23. The molecule has 0 amide bonds. The lowest BCUT2D eigenvalue weighted by Gasteiger charge is -2.10. The standard InChI is InChI=1S/C14H23N3S/c1-9(2)15-7-10(3)8-18-14-16-12(5)11(4)13(6)17-14/h9,15H,3,7-8H2,1-2,4-6H3. The molecule has 0 saturated carbocycles. The summed E-state index contributed by atoms with van der Waals surface area (Å²) in [5.41, 5.74) is 4.49. The van der Waals surface area contributed by atoms with Crippen LogP contribution in [-0.2, 0) is 0 Å². The second-order valence-electron chi connectivity index (χ2n) is 4.88. The van der Waals surface area contributed by atoms with Crippen LogP contribution >= 0.6 is 11.8 Å². The van der Waals surface area contributed by atoms with Gasteiger partial charge in [0.05, 0.1) is 0 Å². The highest BCUT2D eigenvalue weighted by Gasteiger charge is 2.06. The Morgan fingerprint density at radius 3 is 2.28 bits per heavy atom. The van der Waals surface area contributed by atoms with Crippen LogP contribution in [-0.4, -0.2) is 28.3 Å². The Balaban J connectivity index is 2.51. The lowest BCUT2D eigenvalue weighted by molar-refractivity contribution is 0.623. The molecule has 0 radical (unpaired) electrons. The Kier molecular flexibility index (Phi) is 5.82. The van der Waals surface area contributed by atoms with Crippen molar-refractivity contribution in [3.63, 3.8) is 0 Å². The maximum absolute atomic E-state index is 4.49. The van der Waals surface area contributed by atoms with Gasteiger partial charge in [0, 0.05) is 29.7 Å². The van der Waals surface area contributed by atoms with Crippen molar-refractivity contribution < 1.29 is 0 Å². The van der Waals surface area contributed by atoms with E-state index in [1.165, 1.54) is 11.1 Å². The highest BCUT2D eigenvalue weighted by molar-refractivity contribution is 7.99. The minimum absolute atomic E-state index is 0.492. The molecule has 4 heteroatoms. The molecular formula is C14H23N3S. The van der Waals surface area contributed by atoms with Crippen LogP contribution in [0.4, 0.5) is 0 Å². The summed E-state index contributed by atoms with van der Waals surface area (Å²) in [7, 11) is 0. The van der Waals surface area contributed by atoms with Gasteiger partial charge in [0.2, 0.25) is 0 Å². The molecule has 1 heterocycles. The fourth-order valence-corrected chi connectivity index (χ4v) is 2.21. The number of aryl methyl sites for hydroxylation is 2. The molecule has 0 aliphatic carbocycles. The lowest BCUT2D eigenvalue weighted by Crippen LogP contribution is -2.25.